The van der Waals surface area contributed by atoms with E-state index in [2.05, 4.69) is 23.2 Å². The molecule has 0 aliphatic rings. The van der Waals surface area contributed by atoms with Gasteiger partial charge in [-0.2, -0.15) is 0 Å². The molecule has 8 heteroatoms. The molecule has 0 atom stereocenters. The van der Waals surface area contributed by atoms with Crippen molar-refractivity contribution >= 4 is 16.9 Å². The molecule has 0 amide bonds. The van der Waals surface area contributed by atoms with Crippen molar-refractivity contribution in [2.75, 3.05) is 39.6 Å². The monoisotopic (exact) mass is 503 g/mol. The number of ether oxygens (including phenoxy) is 2. The van der Waals surface area contributed by atoms with E-state index >= 15 is 0 Å². The van der Waals surface area contributed by atoms with Crippen LogP contribution in [0.1, 0.15) is 43.9 Å². The lowest BCUT2D eigenvalue weighted by atomic mass is 9.83. The van der Waals surface area contributed by atoms with E-state index in [0.717, 1.165) is 16.7 Å². The summed E-state index contributed by atoms with van der Waals surface area (Å²) in [4.78, 5) is 13.7. The highest BCUT2D eigenvalue weighted by molar-refractivity contribution is 5.78. The van der Waals surface area contributed by atoms with Crippen molar-refractivity contribution in [2.24, 2.45) is 0 Å². The van der Waals surface area contributed by atoms with Gasteiger partial charge in [-0.3, -0.25) is 4.79 Å². The number of phenols is 1. The molecule has 8 nitrogen and oxygen atoms in total. The molecule has 1 heterocycles. The van der Waals surface area contributed by atoms with Crippen LogP contribution in [0.5, 0.6) is 5.75 Å². The van der Waals surface area contributed by atoms with Crippen LogP contribution in [0, 0.1) is 6.92 Å². The van der Waals surface area contributed by atoms with Crippen molar-refractivity contribution in [3.8, 4) is 5.75 Å². The number of H-pyrrole nitrogens is 1. The maximum absolute atomic E-state index is 10.6. The molecule has 0 fully saturated rings. The highest BCUT2D eigenvalue weighted by Gasteiger charge is 2.20. The standard InChI is InChI=1S/C14H20O3.C8H7N.C6H14O4/c1-9-7-10(5-6-12(15)16)8-11(13(9)17)14(2,3)4;1-2-4-8-7(3-1)5-6-9-8;7-1-3-9-5-6-10-4-2-8/h7-8,17H,5-6H2,1-4H3,(H,15,16);1-6,9H;7-8H,1-6H2. The first-order chi connectivity index (χ1) is 17.1. The smallest absolute Gasteiger partial charge is 0.303 e. The first-order valence-electron chi connectivity index (χ1n) is 12.0. The summed E-state index contributed by atoms with van der Waals surface area (Å²) >= 11 is 0. The van der Waals surface area contributed by atoms with Crippen molar-refractivity contribution in [1.29, 1.82) is 0 Å². The lowest BCUT2D eigenvalue weighted by Gasteiger charge is -2.22. The molecular formula is C28H41NO7. The van der Waals surface area contributed by atoms with E-state index in [4.69, 9.17) is 24.8 Å². The fraction of sp³-hybridized carbons (Fsp3) is 0.464. The second-order valence-electron chi connectivity index (χ2n) is 9.19. The number of hydrogen-bond donors (Lipinski definition) is 5. The van der Waals surface area contributed by atoms with E-state index in [9.17, 15) is 9.90 Å². The third-order valence-electron chi connectivity index (χ3n) is 5.10. The summed E-state index contributed by atoms with van der Waals surface area (Å²) in [6, 6.07) is 14.0. The highest BCUT2D eigenvalue weighted by Crippen LogP contribution is 2.34. The molecule has 0 saturated carbocycles. The van der Waals surface area contributed by atoms with E-state index in [1.807, 2.05) is 58.2 Å². The van der Waals surface area contributed by atoms with Gasteiger partial charge in [0.2, 0.25) is 0 Å². The van der Waals surface area contributed by atoms with E-state index in [0.29, 0.717) is 38.6 Å². The second kappa shape index (κ2) is 16.7. The Morgan fingerprint density at radius 1 is 0.944 bits per heavy atom. The summed E-state index contributed by atoms with van der Waals surface area (Å²) in [7, 11) is 0. The van der Waals surface area contributed by atoms with Gasteiger partial charge in [-0.25, -0.2) is 0 Å². The number of benzene rings is 2. The van der Waals surface area contributed by atoms with E-state index in [1.165, 1.54) is 10.9 Å². The third-order valence-corrected chi connectivity index (χ3v) is 5.10. The molecule has 36 heavy (non-hydrogen) atoms. The Kier molecular flexibility index (Phi) is 14.4. The summed E-state index contributed by atoms with van der Waals surface area (Å²) in [5.41, 5.74) is 3.70. The number of phenolic OH excluding ortho intramolecular Hbond substituents is 1. The number of aromatic amines is 1. The Bertz CT molecular complexity index is 986. The minimum absolute atomic E-state index is 0.0417. The van der Waals surface area contributed by atoms with Crippen LogP contribution in [-0.2, 0) is 26.1 Å². The Balaban J connectivity index is 0.000000290. The van der Waals surface area contributed by atoms with Gasteiger partial charge in [0.15, 0.2) is 0 Å². The molecule has 0 spiro atoms. The van der Waals surface area contributed by atoms with Crippen molar-refractivity contribution in [3.05, 3.63) is 65.4 Å². The Morgan fingerprint density at radius 2 is 1.56 bits per heavy atom. The number of nitrogens with one attached hydrogen (secondary N) is 1. The number of aromatic hydroxyl groups is 1. The number of para-hydroxylation sites is 1. The van der Waals surface area contributed by atoms with Crippen LogP contribution in [0.2, 0.25) is 0 Å². The minimum atomic E-state index is -0.798. The number of carboxylic acid groups (broad SMARTS) is 1. The normalized spacial score (nSPS) is 10.8. The summed E-state index contributed by atoms with van der Waals surface area (Å²) < 4.78 is 9.75. The molecule has 0 bridgehead atoms. The molecule has 0 aliphatic heterocycles. The maximum Gasteiger partial charge on any atom is 0.303 e. The largest absolute Gasteiger partial charge is 0.507 e. The average molecular weight is 504 g/mol. The number of rotatable bonds is 10. The van der Waals surface area contributed by atoms with Gasteiger partial charge in [0.05, 0.1) is 39.6 Å². The Labute approximate surface area is 213 Å². The molecule has 0 unspecified atom stereocenters. The number of aryl methyl sites for hydroxylation is 2. The summed E-state index contributed by atoms with van der Waals surface area (Å²) in [5, 5.41) is 36.5. The summed E-state index contributed by atoms with van der Waals surface area (Å²) in [5.74, 6) is -0.482. The zero-order valence-corrected chi connectivity index (χ0v) is 21.8. The van der Waals surface area contributed by atoms with Gasteiger partial charge in [0, 0.05) is 18.1 Å². The lowest BCUT2D eigenvalue weighted by Crippen LogP contribution is -2.12. The summed E-state index contributed by atoms with van der Waals surface area (Å²) in [6.45, 7) is 9.66. The van der Waals surface area contributed by atoms with Crippen molar-refractivity contribution < 1.29 is 34.7 Å². The quantitative estimate of drug-likeness (QED) is 0.262. The number of carboxylic acids is 1. The Morgan fingerprint density at radius 3 is 2.08 bits per heavy atom. The van der Waals surface area contributed by atoms with E-state index in [1.54, 1.807) is 0 Å². The van der Waals surface area contributed by atoms with Gasteiger partial charge in [-0.05, 0) is 53.0 Å². The molecular weight excluding hydrogens is 462 g/mol. The fourth-order valence-corrected chi connectivity index (χ4v) is 3.27. The molecule has 3 rings (SSSR count). The van der Waals surface area contributed by atoms with Crippen LogP contribution >= 0.6 is 0 Å². The van der Waals surface area contributed by atoms with E-state index in [-0.39, 0.29) is 25.0 Å². The first kappa shape index (κ1) is 31.1. The first-order valence-corrected chi connectivity index (χ1v) is 12.0. The minimum Gasteiger partial charge on any atom is -0.507 e. The number of aliphatic hydroxyl groups is 2. The van der Waals surface area contributed by atoms with Crippen LogP contribution in [0.4, 0.5) is 0 Å². The molecule has 200 valence electrons. The van der Waals surface area contributed by atoms with Gasteiger partial charge < -0.3 is 34.9 Å². The number of aromatic nitrogens is 1. The van der Waals surface area contributed by atoms with Crippen LogP contribution in [0.3, 0.4) is 0 Å². The molecule has 0 aliphatic carbocycles. The second-order valence-corrected chi connectivity index (χ2v) is 9.19. The fourth-order valence-electron chi connectivity index (χ4n) is 3.27. The molecule has 0 saturated heterocycles. The number of aliphatic carboxylic acids is 1. The highest BCUT2D eigenvalue weighted by atomic mass is 16.5. The predicted octanol–water partition coefficient (Wildman–Crippen LogP) is 4.19. The molecule has 2 aromatic carbocycles. The van der Waals surface area contributed by atoms with Crippen LogP contribution < -0.4 is 0 Å². The van der Waals surface area contributed by atoms with Gasteiger partial charge in [0.25, 0.3) is 0 Å². The van der Waals surface area contributed by atoms with Gasteiger partial charge in [-0.1, -0.05) is 51.1 Å². The SMILES string of the molecule is Cc1cc(CCC(=O)O)cc(C(C)(C)C)c1O.OCCOCCOCCO.c1ccc2[nH]ccc2c1. The zero-order valence-electron chi connectivity index (χ0n) is 21.8. The lowest BCUT2D eigenvalue weighted by molar-refractivity contribution is -0.136. The topological polar surface area (TPSA) is 132 Å². The number of fused-ring (bicyclic) bond motifs is 1. The Hall–Kier alpha value is -2.91. The van der Waals surface area contributed by atoms with Crippen molar-refractivity contribution in [1.82, 2.24) is 4.98 Å². The molecule has 3 aromatic rings. The maximum atomic E-state index is 10.6. The van der Waals surface area contributed by atoms with Crippen LogP contribution in [0.25, 0.3) is 10.9 Å². The van der Waals surface area contributed by atoms with Gasteiger partial charge in [-0.15, -0.1) is 0 Å². The van der Waals surface area contributed by atoms with Gasteiger partial charge in [0.1, 0.15) is 5.75 Å². The van der Waals surface area contributed by atoms with Crippen molar-refractivity contribution in [3.63, 3.8) is 0 Å². The number of aliphatic hydroxyl groups excluding tert-OH is 2. The number of hydrogen-bond acceptors (Lipinski definition) is 6. The molecule has 1 aromatic heterocycles. The van der Waals surface area contributed by atoms with Crippen LogP contribution in [-0.4, -0.2) is 71.0 Å². The zero-order chi connectivity index (χ0) is 27.0. The van der Waals surface area contributed by atoms with Gasteiger partial charge >= 0.3 is 5.97 Å². The average Bonchev–Trinajstić information content (AvgIpc) is 3.31. The van der Waals surface area contributed by atoms with E-state index < -0.39 is 5.97 Å². The summed E-state index contributed by atoms with van der Waals surface area (Å²) in [6.07, 6.45) is 2.57. The molecule has 5 N–H and O–H groups in total. The predicted molar refractivity (Wildman–Crippen MR) is 142 cm³/mol. The van der Waals surface area contributed by atoms with Crippen LogP contribution in [0.15, 0.2) is 48.7 Å². The molecule has 0 radical (unpaired) electrons. The van der Waals surface area contributed by atoms with Crippen molar-refractivity contribution in [2.45, 2.75) is 46.0 Å². The number of carbonyl (C=O) groups is 1. The third kappa shape index (κ3) is 12.2.